The molecular formula is C11H20N2O. The predicted octanol–water partition coefficient (Wildman–Crippen LogP) is 1.13. The average molecular weight is 196 g/mol. The van der Waals surface area contributed by atoms with Gasteiger partial charge in [-0.25, -0.2) is 0 Å². The molecule has 1 spiro atoms. The number of nitrogens with zero attached hydrogens (tertiary/aromatic N) is 1. The van der Waals surface area contributed by atoms with Gasteiger partial charge in [0, 0.05) is 25.6 Å². The van der Waals surface area contributed by atoms with E-state index in [0.29, 0.717) is 11.8 Å². The smallest absolute Gasteiger partial charge is 0.224 e. The minimum absolute atomic E-state index is 0.000408. The molecule has 0 aromatic heterocycles. The van der Waals surface area contributed by atoms with E-state index in [9.17, 15) is 4.79 Å². The third kappa shape index (κ3) is 1.78. The van der Waals surface area contributed by atoms with Crippen molar-refractivity contribution in [2.45, 2.75) is 45.1 Å². The Kier molecular flexibility index (Phi) is 2.52. The van der Waals surface area contributed by atoms with Crippen LogP contribution in [0.15, 0.2) is 0 Å². The van der Waals surface area contributed by atoms with Crippen molar-refractivity contribution in [2.24, 2.45) is 11.1 Å². The van der Waals surface area contributed by atoms with Crippen LogP contribution in [0.3, 0.4) is 0 Å². The van der Waals surface area contributed by atoms with Crippen LogP contribution in [0.5, 0.6) is 0 Å². The topological polar surface area (TPSA) is 46.3 Å². The highest BCUT2D eigenvalue weighted by atomic mass is 16.2. The highest BCUT2D eigenvalue weighted by molar-refractivity contribution is 5.77. The summed E-state index contributed by atoms with van der Waals surface area (Å²) in [7, 11) is 0. The Hall–Kier alpha value is -0.570. The summed E-state index contributed by atoms with van der Waals surface area (Å²) in [4.78, 5) is 13.7. The Morgan fingerprint density at radius 2 is 2.21 bits per heavy atom. The fourth-order valence-electron chi connectivity index (χ4n) is 2.64. The molecule has 2 rings (SSSR count). The largest absolute Gasteiger partial charge is 0.342 e. The van der Waals surface area contributed by atoms with Gasteiger partial charge in [0.15, 0.2) is 0 Å². The first-order valence-corrected chi connectivity index (χ1v) is 5.65. The molecule has 1 amide bonds. The first kappa shape index (κ1) is 9.97. The average Bonchev–Trinajstić information content (AvgIpc) is 2.45. The monoisotopic (exact) mass is 196 g/mol. The summed E-state index contributed by atoms with van der Waals surface area (Å²) < 4.78 is 0. The van der Waals surface area contributed by atoms with Crippen LogP contribution in [0.2, 0.25) is 0 Å². The molecule has 3 nitrogen and oxygen atoms in total. The molecule has 0 aromatic carbocycles. The molecule has 2 fully saturated rings. The van der Waals surface area contributed by atoms with Gasteiger partial charge in [-0.3, -0.25) is 4.79 Å². The third-order valence-corrected chi connectivity index (χ3v) is 3.70. The molecule has 80 valence electrons. The van der Waals surface area contributed by atoms with Crippen LogP contribution in [0.25, 0.3) is 0 Å². The van der Waals surface area contributed by atoms with Gasteiger partial charge in [0.25, 0.3) is 0 Å². The number of nitrogens with two attached hydrogens (primary N) is 1. The zero-order valence-corrected chi connectivity index (χ0v) is 8.96. The lowest BCUT2D eigenvalue weighted by Crippen LogP contribution is -2.37. The van der Waals surface area contributed by atoms with Crippen LogP contribution in [0.4, 0.5) is 0 Å². The molecule has 2 aliphatic rings. The van der Waals surface area contributed by atoms with E-state index in [1.165, 1.54) is 25.7 Å². The second kappa shape index (κ2) is 3.54. The van der Waals surface area contributed by atoms with Crippen molar-refractivity contribution in [3.63, 3.8) is 0 Å². The zero-order chi connectivity index (χ0) is 10.2. The van der Waals surface area contributed by atoms with Gasteiger partial charge in [-0.15, -0.1) is 0 Å². The van der Waals surface area contributed by atoms with Gasteiger partial charge in [-0.2, -0.15) is 0 Å². The van der Waals surface area contributed by atoms with Gasteiger partial charge in [-0.05, 0) is 31.6 Å². The van der Waals surface area contributed by atoms with Gasteiger partial charge >= 0.3 is 0 Å². The summed E-state index contributed by atoms with van der Waals surface area (Å²) in [5.74, 6) is 0.253. The van der Waals surface area contributed by atoms with Gasteiger partial charge < -0.3 is 10.6 Å². The Balaban J connectivity index is 1.85. The highest BCUT2D eigenvalue weighted by Gasteiger charge is 2.43. The van der Waals surface area contributed by atoms with Crippen LogP contribution in [-0.4, -0.2) is 29.9 Å². The fraction of sp³-hybridized carbons (Fsp3) is 0.909. The Morgan fingerprint density at radius 1 is 1.50 bits per heavy atom. The molecule has 0 radical (unpaired) electrons. The molecule has 0 aromatic rings. The maximum Gasteiger partial charge on any atom is 0.224 e. The minimum atomic E-state index is 0.000408. The van der Waals surface area contributed by atoms with E-state index in [2.05, 4.69) is 0 Å². The number of hydrogen-bond donors (Lipinski definition) is 1. The lowest BCUT2D eigenvalue weighted by atomic mass is 9.68. The number of likely N-dealkylation sites (tertiary alicyclic amines) is 1. The fourth-order valence-corrected chi connectivity index (χ4v) is 2.64. The van der Waals surface area contributed by atoms with E-state index in [-0.39, 0.29) is 11.9 Å². The number of carbonyl (C=O) groups excluding carboxylic acids is 1. The maximum absolute atomic E-state index is 11.7. The molecule has 3 heteroatoms. The van der Waals surface area contributed by atoms with Gasteiger partial charge in [0.2, 0.25) is 5.91 Å². The lowest BCUT2D eigenvalue weighted by molar-refractivity contribution is -0.131. The van der Waals surface area contributed by atoms with E-state index in [4.69, 9.17) is 5.73 Å². The van der Waals surface area contributed by atoms with Crippen LogP contribution < -0.4 is 5.73 Å². The first-order chi connectivity index (χ1) is 6.61. The summed E-state index contributed by atoms with van der Waals surface area (Å²) in [5, 5.41) is 0. The molecule has 0 bridgehead atoms. The SMILES string of the molecule is CC(N)CC(=O)N1CCC2(CCC2)C1. The normalized spacial score (nSPS) is 26.3. The summed E-state index contributed by atoms with van der Waals surface area (Å²) in [5.41, 5.74) is 6.15. The molecule has 1 heterocycles. The molecule has 14 heavy (non-hydrogen) atoms. The van der Waals surface area contributed by atoms with Crippen molar-refractivity contribution >= 4 is 5.91 Å². The second-order valence-corrected chi connectivity index (χ2v) is 5.10. The van der Waals surface area contributed by atoms with Crippen LogP contribution in [0.1, 0.15) is 39.0 Å². The van der Waals surface area contributed by atoms with E-state index in [1.54, 1.807) is 0 Å². The highest BCUT2D eigenvalue weighted by Crippen LogP contribution is 2.47. The van der Waals surface area contributed by atoms with Crippen molar-refractivity contribution in [1.29, 1.82) is 0 Å². The van der Waals surface area contributed by atoms with Crippen molar-refractivity contribution in [3.05, 3.63) is 0 Å². The van der Waals surface area contributed by atoms with Gasteiger partial charge in [-0.1, -0.05) is 6.42 Å². The van der Waals surface area contributed by atoms with Gasteiger partial charge in [0.1, 0.15) is 0 Å². The number of rotatable bonds is 2. The summed E-state index contributed by atoms with van der Waals surface area (Å²) >= 11 is 0. The van der Waals surface area contributed by atoms with Crippen molar-refractivity contribution in [2.75, 3.05) is 13.1 Å². The van der Waals surface area contributed by atoms with Crippen LogP contribution in [-0.2, 0) is 4.79 Å². The minimum Gasteiger partial charge on any atom is -0.342 e. The van der Waals surface area contributed by atoms with Crippen LogP contribution >= 0.6 is 0 Å². The molecule has 1 atom stereocenters. The summed E-state index contributed by atoms with van der Waals surface area (Å²) in [6, 6.07) is 0.000408. The molecule has 1 unspecified atom stereocenters. The Labute approximate surface area is 85.6 Å². The molecule has 1 saturated carbocycles. The predicted molar refractivity (Wildman–Crippen MR) is 55.7 cm³/mol. The van der Waals surface area contributed by atoms with E-state index < -0.39 is 0 Å². The van der Waals surface area contributed by atoms with E-state index in [0.717, 1.165) is 13.1 Å². The third-order valence-electron chi connectivity index (χ3n) is 3.70. The standard InChI is InChI=1S/C11H20N2O/c1-9(12)7-10(14)13-6-5-11(8-13)3-2-4-11/h9H,2-8,12H2,1H3. The van der Waals surface area contributed by atoms with Crippen molar-refractivity contribution in [3.8, 4) is 0 Å². The Bertz CT molecular complexity index is 233. The molecule has 2 N–H and O–H groups in total. The second-order valence-electron chi connectivity index (χ2n) is 5.10. The molecular weight excluding hydrogens is 176 g/mol. The first-order valence-electron chi connectivity index (χ1n) is 5.65. The van der Waals surface area contributed by atoms with Crippen LogP contribution in [0, 0.1) is 5.41 Å². The number of hydrogen-bond acceptors (Lipinski definition) is 2. The summed E-state index contributed by atoms with van der Waals surface area (Å²) in [6.07, 6.45) is 5.74. The number of amides is 1. The van der Waals surface area contributed by atoms with Crippen molar-refractivity contribution in [1.82, 2.24) is 4.90 Å². The maximum atomic E-state index is 11.7. The molecule has 1 saturated heterocycles. The van der Waals surface area contributed by atoms with Gasteiger partial charge in [0.05, 0.1) is 0 Å². The zero-order valence-electron chi connectivity index (χ0n) is 8.96. The lowest BCUT2D eigenvalue weighted by Gasteiger charge is -2.38. The quantitative estimate of drug-likeness (QED) is 0.719. The van der Waals surface area contributed by atoms with E-state index in [1.807, 2.05) is 11.8 Å². The Morgan fingerprint density at radius 3 is 2.64 bits per heavy atom. The molecule has 1 aliphatic carbocycles. The summed E-state index contributed by atoms with van der Waals surface area (Å²) in [6.45, 7) is 3.86. The number of carbonyl (C=O) groups is 1. The van der Waals surface area contributed by atoms with E-state index >= 15 is 0 Å². The van der Waals surface area contributed by atoms with Crippen molar-refractivity contribution < 1.29 is 4.79 Å². The molecule has 1 aliphatic heterocycles.